The first kappa shape index (κ1) is 21.2. The monoisotopic (exact) mass is 435 g/mol. The first-order valence-electron chi connectivity index (χ1n) is 10.7. The van der Waals surface area contributed by atoms with Gasteiger partial charge in [0, 0.05) is 6.21 Å². The van der Waals surface area contributed by atoms with E-state index in [1.165, 1.54) is 47.7 Å². The fraction of sp³-hybridized carbons (Fsp3) is 0.292. The van der Waals surface area contributed by atoms with Crippen LogP contribution in [-0.2, 0) is 0 Å². The van der Waals surface area contributed by atoms with E-state index in [1.807, 2.05) is 60.7 Å². The summed E-state index contributed by atoms with van der Waals surface area (Å²) in [6.45, 7) is 3.91. The Morgan fingerprint density at radius 1 is 0.935 bits per heavy atom. The molecule has 2 heterocycles. The van der Waals surface area contributed by atoms with Gasteiger partial charge < -0.3 is 10.0 Å². The Kier molecular flexibility index (Phi) is 6.74. The second kappa shape index (κ2) is 9.85. The Morgan fingerprint density at radius 2 is 1.52 bits per heavy atom. The lowest BCUT2D eigenvalue weighted by molar-refractivity contribution is -0.903. The SMILES string of the molecule is O=c1c(C=NCC[NH+]2CCCCC2)c(O)n(-c2ccccc2)c(=S)n1-c1ccccc1. The normalized spacial score (nSPS) is 14.8. The largest absolute Gasteiger partial charge is 0.494 e. The maximum atomic E-state index is 13.3. The summed E-state index contributed by atoms with van der Waals surface area (Å²) in [5.74, 6) is -0.192. The number of rotatable bonds is 6. The predicted octanol–water partition coefficient (Wildman–Crippen LogP) is 2.55. The van der Waals surface area contributed by atoms with Crippen LogP contribution in [0.25, 0.3) is 11.4 Å². The van der Waals surface area contributed by atoms with Crippen LogP contribution in [0.2, 0.25) is 0 Å². The molecule has 1 aliphatic rings. The van der Waals surface area contributed by atoms with Gasteiger partial charge >= 0.3 is 0 Å². The quantitative estimate of drug-likeness (QED) is 0.462. The molecule has 3 aromatic rings. The number of hydrogen-bond acceptors (Lipinski definition) is 4. The Labute approximate surface area is 186 Å². The first-order chi connectivity index (χ1) is 15.2. The van der Waals surface area contributed by atoms with Crippen molar-refractivity contribution >= 4 is 18.4 Å². The molecule has 0 spiro atoms. The van der Waals surface area contributed by atoms with Crippen molar-refractivity contribution in [3.8, 4) is 17.3 Å². The average Bonchev–Trinajstić information content (AvgIpc) is 2.80. The van der Waals surface area contributed by atoms with Gasteiger partial charge in [-0.15, -0.1) is 0 Å². The van der Waals surface area contributed by atoms with Gasteiger partial charge in [-0.1, -0.05) is 36.4 Å². The van der Waals surface area contributed by atoms with E-state index < -0.39 is 0 Å². The number of nitrogens with one attached hydrogen (secondary N) is 1. The fourth-order valence-corrected chi connectivity index (χ4v) is 4.40. The van der Waals surface area contributed by atoms with E-state index in [0.29, 0.717) is 17.9 Å². The van der Waals surface area contributed by atoms with Gasteiger partial charge in [-0.05, 0) is 55.7 Å². The number of aromatic hydroxyl groups is 1. The van der Waals surface area contributed by atoms with Crippen molar-refractivity contribution < 1.29 is 10.0 Å². The van der Waals surface area contributed by atoms with Gasteiger partial charge in [0.25, 0.3) is 5.56 Å². The number of piperidine rings is 1. The van der Waals surface area contributed by atoms with Gasteiger partial charge in [0.1, 0.15) is 5.56 Å². The zero-order valence-electron chi connectivity index (χ0n) is 17.4. The Morgan fingerprint density at radius 3 is 2.13 bits per heavy atom. The fourth-order valence-electron chi connectivity index (χ4n) is 4.02. The maximum Gasteiger partial charge on any atom is 0.271 e. The Balaban J connectivity index is 1.76. The highest BCUT2D eigenvalue weighted by molar-refractivity contribution is 7.71. The van der Waals surface area contributed by atoms with E-state index >= 15 is 0 Å². The third-order valence-corrected chi connectivity index (χ3v) is 6.04. The van der Waals surface area contributed by atoms with Crippen molar-refractivity contribution in [2.24, 2.45) is 4.99 Å². The molecular weight excluding hydrogens is 408 g/mol. The molecule has 2 N–H and O–H groups in total. The van der Waals surface area contributed by atoms with Crippen molar-refractivity contribution in [2.45, 2.75) is 19.3 Å². The van der Waals surface area contributed by atoms with E-state index in [4.69, 9.17) is 12.2 Å². The average molecular weight is 436 g/mol. The zero-order chi connectivity index (χ0) is 21.6. The molecule has 4 rings (SSSR count). The third-order valence-electron chi connectivity index (χ3n) is 5.67. The number of aromatic nitrogens is 2. The second-order valence-corrected chi connectivity index (χ2v) is 8.13. The number of hydrogen-bond donors (Lipinski definition) is 2. The van der Waals surface area contributed by atoms with Crippen LogP contribution in [0.3, 0.4) is 0 Å². The van der Waals surface area contributed by atoms with E-state index in [9.17, 15) is 9.90 Å². The van der Waals surface area contributed by atoms with Gasteiger partial charge in [0.05, 0.1) is 37.6 Å². The van der Waals surface area contributed by atoms with Crippen LogP contribution >= 0.6 is 12.2 Å². The standard InChI is InChI=1S/C24H26N4O2S/c29-22-21(18-25-14-17-26-15-8-3-9-16-26)23(30)28(20-12-6-2-7-13-20)24(31)27(22)19-10-4-1-5-11-19/h1-2,4-7,10-13,18,29H,3,8-9,14-17H2/p+1. The van der Waals surface area contributed by atoms with Crippen LogP contribution in [0.1, 0.15) is 24.8 Å². The summed E-state index contributed by atoms with van der Waals surface area (Å²) < 4.78 is 3.16. The van der Waals surface area contributed by atoms with Crippen LogP contribution < -0.4 is 10.5 Å². The van der Waals surface area contributed by atoms with E-state index in [0.717, 1.165) is 6.54 Å². The van der Waals surface area contributed by atoms with E-state index in [-0.39, 0.29) is 21.8 Å². The summed E-state index contributed by atoms with van der Waals surface area (Å²) in [5, 5.41) is 11.0. The molecule has 0 aliphatic carbocycles. The van der Waals surface area contributed by atoms with Crippen molar-refractivity contribution in [2.75, 3.05) is 26.2 Å². The van der Waals surface area contributed by atoms with Crippen LogP contribution in [0.15, 0.2) is 70.5 Å². The van der Waals surface area contributed by atoms with Gasteiger partial charge in [-0.2, -0.15) is 0 Å². The molecule has 0 radical (unpaired) electrons. The molecule has 1 aromatic heterocycles. The van der Waals surface area contributed by atoms with Crippen molar-refractivity contribution in [3.05, 3.63) is 81.4 Å². The highest BCUT2D eigenvalue weighted by atomic mass is 32.1. The third kappa shape index (κ3) is 4.68. The number of aliphatic imine (C=N–C) groups is 1. The Bertz CT molecular complexity index is 1160. The molecule has 31 heavy (non-hydrogen) atoms. The smallest absolute Gasteiger partial charge is 0.271 e. The summed E-state index contributed by atoms with van der Waals surface area (Å²) >= 11 is 5.63. The molecule has 1 fully saturated rings. The maximum absolute atomic E-state index is 13.3. The zero-order valence-corrected chi connectivity index (χ0v) is 18.2. The molecule has 1 aliphatic heterocycles. The van der Waals surface area contributed by atoms with Crippen LogP contribution in [0.5, 0.6) is 5.88 Å². The van der Waals surface area contributed by atoms with Crippen molar-refractivity contribution in [3.63, 3.8) is 0 Å². The summed E-state index contributed by atoms with van der Waals surface area (Å²) in [6.07, 6.45) is 5.33. The minimum atomic E-state index is -0.380. The van der Waals surface area contributed by atoms with Gasteiger partial charge in [-0.3, -0.25) is 18.9 Å². The lowest BCUT2D eigenvalue weighted by Gasteiger charge is -2.22. The first-order valence-corrected chi connectivity index (χ1v) is 11.1. The van der Waals surface area contributed by atoms with Crippen LogP contribution in [0.4, 0.5) is 0 Å². The summed E-state index contributed by atoms with van der Waals surface area (Å²) in [7, 11) is 0. The van der Waals surface area contributed by atoms with Crippen LogP contribution in [0, 0.1) is 4.77 Å². The number of nitrogens with zero attached hydrogens (tertiary/aromatic N) is 3. The van der Waals surface area contributed by atoms with E-state index in [2.05, 4.69) is 4.99 Å². The number of likely N-dealkylation sites (tertiary alicyclic amines) is 1. The lowest BCUT2D eigenvalue weighted by Crippen LogP contribution is -3.13. The van der Waals surface area contributed by atoms with Gasteiger partial charge in [0.2, 0.25) is 5.88 Å². The van der Waals surface area contributed by atoms with Gasteiger partial charge in [0.15, 0.2) is 4.77 Å². The molecule has 0 saturated carbocycles. The number of quaternary nitrogens is 1. The molecule has 2 aromatic carbocycles. The molecule has 0 bridgehead atoms. The molecule has 1 saturated heterocycles. The molecule has 7 heteroatoms. The minimum Gasteiger partial charge on any atom is -0.494 e. The summed E-state index contributed by atoms with van der Waals surface area (Å²) in [4.78, 5) is 19.4. The minimum absolute atomic E-state index is 0.134. The molecule has 0 unspecified atom stereocenters. The molecular formula is C24H27N4O2S+. The molecule has 0 amide bonds. The topological polar surface area (TPSA) is 64.0 Å². The molecule has 160 valence electrons. The molecule has 0 atom stereocenters. The van der Waals surface area contributed by atoms with E-state index in [1.54, 1.807) is 4.90 Å². The predicted molar refractivity (Wildman–Crippen MR) is 126 cm³/mol. The van der Waals surface area contributed by atoms with Crippen molar-refractivity contribution in [1.82, 2.24) is 9.13 Å². The number of benzene rings is 2. The summed E-state index contributed by atoms with van der Waals surface area (Å²) in [6, 6.07) is 18.5. The Hall–Kier alpha value is -3.03. The lowest BCUT2D eigenvalue weighted by atomic mass is 10.1. The van der Waals surface area contributed by atoms with Crippen LogP contribution in [-0.4, -0.2) is 46.6 Å². The number of para-hydroxylation sites is 2. The molecule has 6 nitrogen and oxygen atoms in total. The summed E-state index contributed by atoms with van der Waals surface area (Å²) in [5.41, 5.74) is 1.08. The highest BCUT2D eigenvalue weighted by Gasteiger charge is 2.18. The van der Waals surface area contributed by atoms with Crippen molar-refractivity contribution in [1.29, 1.82) is 0 Å². The van der Waals surface area contributed by atoms with Gasteiger partial charge in [-0.25, -0.2) is 0 Å². The highest BCUT2D eigenvalue weighted by Crippen LogP contribution is 2.21. The second-order valence-electron chi connectivity index (χ2n) is 7.76.